The van der Waals surface area contributed by atoms with E-state index < -0.39 is 0 Å². The van der Waals surface area contributed by atoms with Crippen LogP contribution in [0.3, 0.4) is 0 Å². The van der Waals surface area contributed by atoms with Crippen LogP contribution in [0, 0.1) is 0 Å². The number of hydrogen-bond donors (Lipinski definition) is 1. The highest BCUT2D eigenvalue weighted by Crippen LogP contribution is 2.16. The highest BCUT2D eigenvalue weighted by molar-refractivity contribution is 5.89. The van der Waals surface area contributed by atoms with E-state index in [1.165, 1.54) is 26.2 Å². The fourth-order valence-electron chi connectivity index (χ4n) is 2.97. The van der Waals surface area contributed by atoms with Crippen molar-refractivity contribution in [1.82, 2.24) is 14.8 Å². The molecular weight excluding hydrogens is 268 g/mol. The van der Waals surface area contributed by atoms with E-state index in [1.807, 2.05) is 6.07 Å². The van der Waals surface area contributed by atoms with Gasteiger partial charge in [0.25, 0.3) is 0 Å². The lowest BCUT2D eigenvalue weighted by Crippen LogP contribution is -2.62. The highest BCUT2D eigenvalue weighted by Gasteiger charge is 2.31. The first kappa shape index (κ1) is 14.3. The number of piperazine rings is 3. The minimum atomic E-state index is -0.319. The molecule has 114 valence electrons. The average Bonchev–Trinajstić information content (AvgIpc) is 2.55. The molecule has 21 heavy (non-hydrogen) atoms. The van der Waals surface area contributed by atoms with Crippen molar-refractivity contribution in [3.63, 3.8) is 0 Å². The van der Waals surface area contributed by atoms with E-state index in [0.717, 1.165) is 18.9 Å². The summed E-state index contributed by atoms with van der Waals surface area (Å²) in [5.41, 5.74) is 0.494. The lowest BCUT2D eigenvalue weighted by Gasteiger charge is -2.47. The van der Waals surface area contributed by atoms with Gasteiger partial charge in [0.2, 0.25) is 0 Å². The number of carbonyl (C=O) groups excluding carboxylic acids is 1. The van der Waals surface area contributed by atoms with Gasteiger partial charge in [-0.1, -0.05) is 0 Å². The van der Waals surface area contributed by atoms with E-state index in [-0.39, 0.29) is 5.97 Å². The second-order valence-corrected chi connectivity index (χ2v) is 5.52. The van der Waals surface area contributed by atoms with Crippen LogP contribution >= 0.6 is 0 Å². The maximum atomic E-state index is 11.6. The first-order chi connectivity index (χ1) is 10.3. The van der Waals surface area contributed by atoms with Crippen LogP contribution in [-0.2, 0) is 4.74 Å². The molecule has 0 aliphatic carbocycles. The third-order valence-electron chi connectivity index (χ3n) is 4.19. The molecule has 4 rings (SSSR count). The number of nitrogens with zero attached hydrogens (tertiary/aromatic N) is 3. The Morgan fingerprint density at radius 1 is 1.38 bits per heavy atom. The quantitative estimate of drug-likeness (QED) is 0.805. The molecule has 3 aliphatic heterocycles. The molecule has 0 saturated carbocycles. The summed E-state index contributed by atoms with van der Waals surface area (Å²) < 4.78 is 4.94. The number of rotatable bonds is 5. The largest absolute Gasteiger partial charge is 0.462 e. The van der Waals surface area contributed by atoms with Crippen molar-refractivity contribution < 1.29 is 9.53 Å². The molecule has 3 aliphatic rings. The van der Waals surface area contributed by atoms with Gasteiger partial charge < -0.3 is 10.1 Å². The van der Waals surface area contributed by atoms with Crippen molar-refractivity contribution in [3.05, 3.63) is 23.9 Å². The predicted octanol–water partition coefficient (Wildman–Crippen LogP) is 0.670. The molecule has 3 saturated heterocycles. The standard InChI is InChI=1S/C15H22N4O2/c1-2-21-15(20)12-3-4-14(16-9-12)17-10-13-11-18-5-7-19(13)8-6-18/h3-4,9,13H,2,5-8,10-11H2,1H3,(H,16,17). The van der Waals surface area contributed by atoms with Crippen LogP contribution in [0.1, 0.15) is 17.3 Å². The number of pyridine rings is 1. The summed E-state index contributed by atoms with van der Waals surface area (Å²) in [6.07, 6.45) is 1.57. The van der Waals surface area contributed by atoms with Crippen LogP contribution in [0.25, 0.3) is 0 Å². The smallest absolute Gasteiger partial charge is 0.339 e. The summed E-state index contributed by atoms with van der Waals surface area (Å²) in [4.78, 5) is 20.9. The van der Waals surface area contributed by atoms with Gasteiger partial charge in [-0.25, -0.2) is 9.78 Å². The zero-order valence-electron chi connectivity index (χ0n) is 12.4. The van der Waals surface area contributed by atoms with E-state index in [9.17, 15) is 4.79 Å². The number of ether oxygens (including phenoxy) is 1. The third kappa shape index (κ3) is 3.33. The Bertz CT molecular complexity index is 483. The summed E-state index contributed by atoms with van der Waals surface area (Å²) in [5.74, 6) is 0.487. The zero-order chi connectivity index (χ0) is 14.7. The summed E-state index contributed by atoms with van der Waals surface area (Å²) in [7, 11) is 0. The van der Waals surface area contributed by atoms with Gasteiger partial charge in [0.1, 0.15) is 5.82 Å². The minimum absolute atomic E-state index is 0.319. The predicted molar refractivity (Wildman–Crippen MR) is 80.5 cm³/mol. The molecule has 4 heterocycles. The molecule has 1 N–H and O–H groups in total. The van der Waals surface area contributed by atoms with Gasteiger partial charge in [0, 0.05) is 51.5 Å². The van der Waals surface area contributed by atoms with Crippen LogP contribution in [-0.4, -0.2) is 72.7 Å². The van der Waals surface area contributed by atoms with Crippen molar-refractivity contribution in [2.24, 2.45) is 0 Å². The Balaban J connectivity index is 1.52. The van der Waals surface area contributed by atoms with Crippen LogP contribution in [0.15, 0.2) is 18.3 Å². The van der Waals surface area contributed by atoms with Gasteiger partial charge in [-0.05, 0) is 19.1 Å². The summed E-state index contributed by atoms with van der Waals surface area (Å²) >= 11 is 0. The van der Waals surface area contributed by atoms with Gasteiger partial charge in [-0.2, -0.15) is 0 Å². The Labute approximate surface area is 125 Å². The van der Waals surface area contributed by atoms with Crippen LogP contribution < -0.4 is 5.32 Å². The molecule has 1 aromatic heterocycles. The van der Waals surface area contributed by atoms with E-state index >= 15 is 0 Å². The number of hydrogen-bond acceptors (Lipinski definition) is 6. The van der Waals surface area contributed by atoms with Gasteiger partial charge in [-0.15, -0.1) is 0 Å². The number of fused-ring (bicyclic) bond motifs is 3. The summed E-state index contributed by atoms with van der Waals surface area (Å²) in [6.45, 7) is 8.93. The van der Waals surface area contributed by atoms with Crippen molar-refractivity contribution in [3.8, 4) is 0 Å². The number of carbonyl (C=O) groups is 1. The molecule has 0 aromatic carbocycles. The molecule has 6 heteroatoms. The maximum absolute atomic E-state index is 11.6. The SMILES string of the molecule is CCOC(=O)c1ccc(NCC2CN3CCN2CC3)nc1. The molecule has 2 bridgehead atoms. The fourth-order valence-corrected chi connectivity index (χ4v) is 2.97. The molecule has 1 aromatic rings. The first-order valence-corrected chi connectivity index (χ1v) is 7.59. The van der Waals surface area contributed by atoms with E-state index in [4.69, 9.17) is 4.74 Å². The van der Waals surface area contributed by atoms with Crippen LogP contribution in [0.4, 0.5) is 5.82 Å². The van der Waals surface area contributed by atoms with E-state index in [0.29, 0.717) is 18.2 Å². The van der Waals surface area contributed by atoms with Gasteiger partial charge in [0.05, 0.1) is 12.2 Å². The Hall–Kier alpha value is -1.66. The van der Waals surface area contributed by atoms with Gasteiger partial charge >= 0.3 is 5.97 Å². The average molecular weight is 290 g/mol. The van der Waals surface area contributed by atoms with Gasteiger partial charge in [-0.3, -0.25) is 9.80 Å². The molecule has 6 nitrogen and oxygen atoms in total. The molecule has 3 fully saturated rings. The van der Waals surface area contributed by atoms with Crippen molar-refractivity contribution in [1.29, 1.82) is 0 Å². The molecule has 0 amide bonds. The third-order valence-corrected chi connectivity index (χ3v) is 4.19. The summed E-state index contributed by atoms with van der Waals surface area (Å²) in [5, 5.41) is 3.37. The van der Waals surface area contributed by atoms with Crippen molar-refractivity contribution in [2.75, 3.05) is 51.2 Å². The molecular formula is C15H22N4O2. The molecule has 1 atom stereocenters. The molecule has 0 spiro atoms. The molecule has 1 unspecified atom stereocenters. The zero-order valence-corrected chi connectivity index (χ0v) is 12.4. The lowest BCUT2D eigenvalue weighted by atomic mass is 10.1. The monoisotopic (exact) mass is 290 g/mol. The molecule has 0 radical (unpaired) electrons. The number of esters is 1. The topological polar surface area (TPSA) is 57.7 Å². The number of nitrogens with one attached hydrogen (secondary N) is 1. The van der Waals surface area contributed by atoms with Crippen molar-refractivity contribution in [2.45, 2.75) is 13.0 Å². The first-order valence-electron chi connectivity index (χ1n) is 7.59. The Morgan fingerprint density at radius 3 is 2.76 bits per heavy atom. The van der Waals surface area contributed by atoms with Crippen LogP contribution in [0.5, 0.6) is 0 Å². The number of aromatic nitrogens is 1. The second kappa shape index (κ2) is 6.41. The van der Waals surface area contributed by atoms with E-state index in [1.54, 1.807) is 19.2 Å². The second-order valence-electron chi connectivity index (χ2n) is 5.52. The Kier molecular flexibility index (Phi) is 4.36. The number of anilines is 1. The minimum Gasteiger partial charge on any atom is -0.462 e. The fraction of sp³-hybridized carbons (Fsp3) is 0.600. The van der Waals surface area contributed by atoms with Gasteiger partial charge in [0.15, 0.2) is 0 Å². The highest BCUT2D eigenvalue weighted by atomic mass is 16.5. The maximum Gasteiger partial charge on any atom is 0.339 e. The lowest BCUT2D eigenvalue weighted by molar-refractivity contribution is 0.0189. The Morgan fingerprint density at radius 2 is 2.19 bits per heavy atom. The van der Waals surface area contributed by atoms with Crippen molar-refractivity contribution >= 4 is 11.8 Å². The van der Waals surface area contributed by atoms with Crippen LogP contribution in [0.2, 0.25) is 0 Å². The normalized spacial score (nSPS) is 27.4. The van der Waals surface area contributed by atoms with E-state index in [2.05, 4.69) is 20.1 Å². The summed E-state index contributed by atoms with van der Waals surface area (Å²) in [6, 6.07) is 4.15.